The van der Waals surface area contributed by atoms with E-state index in [4.69, 9.17) is 14.2 Å². The topological polar surface area (TPSA) is 79.4 Å². The summed E-state index contributed by atoms with van der Waals surface area (Å²) >= 11 is 0. The van der Waals surface area contributed by atoms with E-state index in [1.54, 1.807) is 33.5 Å². The predicted octanol–water partition coefficient (Wildman–Crippen LogP) is 2.97. The third-order valence-electron chi connectivity index (χ3n) is 7.07. The van der Waals surface area contributed by atoms with Gasteiger partial charge in [0.2, 0.25) is 11.7 Å². The maximum absolute atomic E-state index is 12.7. The molecule has 2 aromatic rings. The lowest BCUT2D eigenvalue weighted by Gasteiger charge is -2.39. The number of nitrogens with one attached hydrogen (secondary N) is 1. The van der Waals surface area contributed by atoms with Crippen LogP contribution < -0.4 is 24.4 Å². The van der Waals surface area contributed by atoms with Gasteiger partial charge in [-0.15, -0.1) is 0 Å². The van der Waals surface area contributed by atoms with Crippen LogP contribution in [0.25, 0.3) is 0 Å². The Morgan fingerprint density at radius 1 is 1.00 bits per heavy atom. The smallest absolute Gasteiger partial charge is 0.225 e. The fourth-order valence-corrected chi connectivity index (χ4v) is 5.21. The summed E-state index contributed by atoms with van der Waals surface area (Å²) in [6.45, 7) is 8.20. The molecule has 2 aliphatic heterocycles. The lowest BCUT2D eigenvalue weighted by molar-refractivity contribution is -0.116. The summed E-state index contributed by atoms with van der Waals surface area (Å²) in [5, 5.41) is 2.98. The number of carbonyl (C=O) groups is 1. The summed E-state index contributed by atoms with van der Waals surface area (Å²) < 4.78 is 16.1. The molecule has 2 fully saturated rings. The minimum atomic E-state index is -0.0166. The zero-order valence-corrected chi connectivity index (χ0v) is 21.7. The fourth-order valence-electron chi connectivity index (χ4n) is 5.21. The highest BCUT2D eigenvalue weighted by atomic mass is 16.5. The summed E-state index contributed by atoms with van der Waals surface area (Å²) in [6, 6.07) is 9.61. The average Bonchev–Trinajstić information content (AvgIpc) is 2.92. The lowest BCUT2D eigenvalue weighted by Crippen LogP contribution is -2.50. The van der Waals surface area contributed by atoms with Crippen molar-refractivity contribution in [1.29, 1.82) is 0 Å². The molecule has 1 aromatic carbocycles. The van der Waals surface area contributed by atoms with E-state index in [-0.39, 0.29) is 5.91 Å². The van der Waals surface area contributed by atoms with Gasteiger partial charge >= 0.3 is 0 Å². The Morgan fingerprint density at radius 3 is 2.39 bits per heavy atom. The van der Waals surface area contributed by atoms with E-state index in [2.05, 4.69) is 37.1 Å². The number of hydrogen-bond acceptors (Lipinski definition) is 8. The van der Waals surface area contributed by atoms with Crippen LogP contribution in [0.4, 0.5) is 11.5 Å². The molecular weight excluding hydrogens is 458 g/mol. The molecular formula is C27H39N5O4. The van der Waals surface area contributed by atoms with Crippen LogP contribution in [0, 0.1) is 5.92 Å². The van der Waals surface area contributed by atoms with Crippen LogP contribution in [0.2, 0.25) is 0 Å². The normalized spacial score (nSPS) is 19.1. The molecule has 2 saturated heterocycles. The average molecular weight is 498 g/mol. The maximum Gasteiger partial charge on any atom is 0.225 e. The Bertz CT molecular complexity index is 956. The number of rotatable bonds is 10. The second-order valence-electron chi connectivity index (χ2n) is 9.50. The van der Waals surface area contributed by atoms with Gasteiger partial charge in [0.25, 0.3) is 0 Å². The van der Waals surface area contributed by atoms with E-state index >= 15 is 0 Å². The van der Waals surface area contributed by atoms with Crippen molar-refractivity contribution in [3.05, 3.63) is 36.5 Å². The van der Waals surface area contributed by atoms with Gasteiger partial charge in [-0.2, -0.15) is 0 Å². The van der Waals surface area contributed by atoms with Gasteiger partial charge in [-0.25, -0.2) is 4.98 Å². The highest BCUT2D eigenvalue weighted by Gasteiger charge is 2.25. The SMILES string of the molecule is COc1cc(NC(=O)CCN2CCCC(CN3CCN(c4ccccn4)CC3)C2)cc(OC)c1OC. The Kier molecular flexibility index (Phi) is 9.24. The molecule has 1 aromatic heterocycles. The van der Waals surface area contributed by atoms with Gasteiger partial charge in [0, 0.05) is 76.3 Å². The van der Waals surface area contributed by atoms with Gasteiger partial charge in [0.15, 0.2) is 11.5 Å². The Morgan fingerprint density at radius 2 is 1.75 bits per heavy atom. The first-order chi connectivity index (χ1) is 17.6. The number of aromatic nitrogens is 1. The van der Waals surface area contributed by atoms with Crippen LogP contribution >= 0.6 is 0 Å². The third kappa shape index (κ3) is 6.79. The number of hydrogen-bond donors (Lipinski definition) is 1. The molecule has 1 N–H and O–H groups in total. The van der Waals surface area contributed by atoms with Crippen molar-refractivity contribution in [3.8, 4) is 17.2 Å². The van der Waals surface area contributed by atoms with Crippen molar-refractivity contribution >= 4 is 17.4 Å². The molecule has 0 bridgehead atoms. The summed E-state index contributed by atoms with van der Waals surface area (Å²) in [6.07, 6.45) is 4.76. The number of carbonyl (C=O) groups excluding carboxylic acids is 1. The minimum Gasteiger partial charge on any atom is -0.493 e. The predicted molar refractivity (Wildman–Crippen MR) is 141 cm³/mol. The van der Waals surface area contributed by atoms with Crippen LogP contribution in [-0.4, -0.2) is 94.4 Å². The van der Waals surface area contributed by atoms with Gasteiger partial charge in [-0.3, -0.25) is 9.69 Å². The van der Waals surface area contributed by atoms with E-state index in [0.29, 0.717) is 35.3 Å². The van der Waals surface area contributed by atoms with Gasteiger partial charge in [-0.1, -0.05) is 6.07 Å². The number of amides is 1. The quantitative estimate of drug-likeness (QED) is 0.537. The molecule has 1 amide bonds. The number of pyridine rings is 1. The van der Waals surface area contributed by atoms with E-state index in [0.717, 1.165) is 58.2 Å². The third-order valence-corrected chi connectivity index (χ3v) is 7.07. The number of ether oxygens (including phenoxy) is 3. The molecule has 1 unspecified atom stereocenters. The van der Waals surface area contributed by atoms with E-state index < -0.39 is 0 Å². The molecule has 0 radical (unpaired) electrons. The molecule has 36 heavy (non-hydrogen) atoms. The summed E-state index contributed by atoms with van der Waals surface area (Å²) in [5.41, 5.74) is 0.635. The lowest BCUT2D eigenvalue weighted by atomic mass is 9.97. The first-order valence-corrected chi connectivity index (χ1v) is 12.8. The van der Waals surface area contributed by atoms with Crippen molar-refractivity contribution in [3.63, 3.8) is 0 Å². The van der Waals surface area contributed by atoms with Crippen molar-refractivity contribution in [2.45, 2.75) is 19.3 Å². The van der Waals surface area contributed by atoms with E-state index in [1.165, 1.54) is 12.8 Å². The standard InChI is InChI=1S/C27H39N5O4/c1-34-23-17-22(18-24(35-2)27(23)36-3)29-26(33)9-12-30-11-6-7-21(19-30)20-31-13-15-32(16-14-31)25-8-4-5-10-28-25/h4-5,8,10,17-18,21H,6-7,9,11-16,19-20H2,1-3H3,(H,29,33). The van der Waals surface area contributed by atoms with Gasteiger partial charge < -0.3 is 29.3 Å². The monoisotopic (exact) mass is 497 g/mol. The Labute approximate surface area is 214 Å². The summed E-state index contributed by atoms with van der Waals surface area (Å²) in [5.74, 6) is 3.26. The van der Waals surface area contributed by atoms with E-state index in [1.807, 2.05) is 12.3 Å². The number of methoxy groups -OCH3 is 3. The van der Waals surface area contributed by atoms with Crippen molar-refractivity contribution in [2.24, 2.45) is 5.92 Å². The van der Waals surface area contributed by atoms with Gasteiger partial charge in [0.1, 0.15) is 5.82 Å². The molecule has 3 heterocycles. The molecule has 4 rings (SSSR count). The highest BCUT2D eigenvalue weighted by Crippen LogP contribution is 2.40. The zero-order chi connectivity index (χ0) is 25.3. The minimum absolute atomic E-state index is 0.0166. The first-order valence-electron chi connectivity index (χ1n) is 12.8. The maximum atomic E-state index is 12.7. The van der Waals surface area contributed by atoms with Gasteiger partial charge in [-0.05, 0) is 37.4 Å². The second kappa shape index (κ2) is 12.8. The molecule has 9 heteroatoms. The Hall–Kier alpha value is -3.04. The van der Waals surface area contributed by atoms with Crippen molar-refractivity contribution < 1.29 is 19.0 Å². The number of likely N-dealkylation sites (tertiary alicyclic amines) is 1. The van der Waals surface area contributed by atoms with Crippen molar-refractivity contribution in [2.75, 3.05) is 83.9 Å². The molecule has 2 aliphatic rings. The number of nitrogens with zero attached hydrogens (tertiary/aromatic N) is 4. The number of anilines is 2. The second-order valence-corrected chi connectivity index (χ2v) is 9.50. The zero-order valence-electron chi connectivity index (χ0n) is 21.7. The largest absolute Gasteiger partial charge is 0.493 e. The summed E-state index contributed by atoms with van der Waals surface area (Å²) in [7, 11) is 4.69. The van der Waals surface area contributed by atoms with Gasteiger partial charge in [0.05, 0.1) is 21.3 Å². The molecule has 9 nitrogen and oxygen atoms in total. The molecule has 196 valence electrons. The fraction of sp³-hybridized carbons (Fsp3) is 0.556. The first kappa shape index (κ1) is 26.0. The van der Waals surface area contributed by atoms with Crippen LogP contribution in [-0.2, 0) is 4.79 Å². The highest BCUT2D eigenvalue weighted by molar-refractivity contribution is 5.91. The van der Waals surface area contributed by atoms with E-state index in [9.17, 15) is 4.79 Å². The summed E-state index contributed by atoms with van der Waals surface area (Å²) in [4.78, 5) is 24.6. The van der Waals surface area contributed by atoms with Crippen LogP contribution in [0.15, 0.2) is 36.5 Å². The Balaban J connectivity index is 1.21. The van der Waals surface area contributed by atoms with Crippen LogP contribution in [0.3, 0.4) is 0 Å². The number of benzene rings is 1. The number of piperidine rings is 1. The molecule has 0 aliphatic carbocycles. The molecule has 0 spiro atoms. The number of piperazine rings is 1. The molecule has 0 saturated carbocycles. The molecule has 1 atom stereocenters. The van der Waals surface area contributed by atoms with Crippen LogP contribution in [0.1, 0.15) is 19.3 Å². The van der Waals surface area contributed by atoms with Crippen molar-refractivity contribution in [1.82, 2.24) is 14.8 Å². The van der Waals surface area contributed by atoms with Crippen LogP contribution in [0.5, 0.6) is 17.2 Å².